The second-order valence-corrected chi connectivity index (χ2v) is 16.3. The molecule has 1 aliphatic carbocycles. The molecule has 0 bridgehead atoms. The van der Waals surface area contributed by atoms with Gasteiger partial charge in [-0.05, 0) is 106 Å². The molecule has 256 valence electrons. The van der Waals surface area contributed by atoms with Crippen LogP contribution < -0.4 is 4.90 Å². The Morgan fingerprint density at radius 1 is 1.15 bits per heavy atom. The van der Waals surface area contributed by atoms with E-state index in [0.29, 0.717) is 11.3 Å². The lowest BCUT2D eigenvalue weighted by Crippen LogP contribution is -2.43. The van der Waals surface area contributed by atoms with Crippen LogP contribution in [0.5, 0.6) is 0 Å². The molecule has 2 aliphatic rings. The number of carbonyl (C=O) groups is 1. The standard InChI is InChI=1S/C39H57N5O3/c1-10-38(5,25-39(6)22-30(21-37(3,4)24-39)47-19-18-42(7)8)26-44-27(2)32(23-40-44)31-15-16-33(41-35(31)36(45)46)29-14-13-28-12-11-17-43(9)34(28)20-29/h13-16,20,23,30H,10-12,17-19,21-22,24-26H2,1-9H3,(H,45,46). The van der Waals surface area contributed by atoms with Crippen LogP contribution in [0.2, 0.25) is 0 Å². The number of aryl methyl sites for hydroxylation is 1. The summed E-state index contributed by atoms with van der Waals surface area (Å²) in [6, 6.07) is 10.2. The molecule has 8 nitrogen and oxygen atoms in total. The van der Waals surface area contributed by atoms with Crippen molar-refractivity contribution in [3.8, 4) is 22.4 Å². The lowest BCUT2D eigenvalue weighted by atomic mass is 9.58. The SMILES string of the molecule is CCC(C)(Cn1ncc(-c2ccc(-c3ccc4c(c3)N(C)CCC4)nc2C(=O)O)c1C)CC1(C)CC(OCCN(C)C)CC(C)(C)C1. The van der Waals surface area contributed by atoms with Crippen molar-refractivity contribution < 1.29 is 14.6 Å². The highest BCUT2D eigenvalue weighted by atomic mass is 16.5. The van der Waals surface area contributed by atoms with E-state index in [-0.39, 0.29) is 28.0 Å². The van der Waals surface area contributed by atoms with Crippen molar-refractivity contribution in [2.75, 3.05) is 45.7 Å². The van der Waals surface area contributed by atoms with Crippen LogP contribution in [0, 0.1) is 23.2 Å². The molecule has 1 N–H and O–H groups in total. The predicted molar refractivity (Wildman–Crippen MR) is 191 cm³/mol. The molecule has 8 heteroatoms. The van der Waals surface area contributed by atoms with Gasteiger partial charge in [-0.2, -0.15) is 5.10 Å². The number of anilines is 1. The molecular formula is C39H57N5O3. The molecule has 0 saturated heterocycles. The van der Waals surface area contributed by atoms with Gasteiger partial charge in [-0.25, -0.2) is 9.78 Å². The van der Waals surface area contributed by atoms with Gasteiger partial charge in [0.15, 0.2) is 5.69 Å². The third kappa shape index (κ3) is 8.09. The van der Waals surface area contributed by atoms with Crippen molar-refractivity contribution in [1.29, 1.82) is 0 Å². The Kier molecular flexibility index (Phi) is 10.2. The number of pyridine rings is 1. The smallest absolute Gasteiger partial charge is 0.355 e. The van der Waals surface area contributed by atoms with Crippen molar-refractivity contribution in [1.82, 2.24) is 19.7 Å². The lowest BCUT2D eigenvalue weighted by Gasteiger charge is -2.50. The van der Waals surface area contributed by atoms with E-state index < -0.39 is 5.97 Å². The van der Waals surface area contributed by atoms with Crippen molar-refractivity contribution in [2.45, 2.75) is 99.1 Å². The number of likely N-dealkylation sites (N-methyl/N-ethyl adjacent to an activating group) is 1. The van der Waals surface area contributed by atoms with E-state index in [1.807, 2.05) is 18.3 Å². The highest BCUT2D eigenvalue weighted by Gasteiger charge is 2.45. The maximum atomic E-state index is 12.6. The zero-order valence-electron chi connectivity index (χ0n) is 30.3. The Hall–Kier alpha value is -3.23. The first-order valence-corrected chi connectivity index (χ1v) is 17.5. The predicted octanol–water partition coefficient (Wildman–Crippen LogP) is 7.97. The summed E-state index contributed by atoms with van der Waals surface area (Å²) >= 11 is 0. The zero-order valence-corrected chi connectivity index (χ0v) is 30.3. The number of carboxylic acid groups (broad SMARTS) is 1. The van der Waals surface area contributed by atoms with Crippen molar-refractivity contribution in [3.63, 3.8) is 0 Å². The minimum absolute atomic E-state index is 0.0156. The first-order chi connectivity index (χ1) is 22.1. The number of aromatic carboxylic acids is 1. The van der Waals surface area contributed by atoms with E-state index in [4.69, 9.17) is 14.8 Å². The lowest BCUT2D eigenvalue weighted by molar-refractivity contribution is -0.0716. The summed E-state index contributed by atoms with van der Waals surface area (Å²) in [4.78, 5) is 21.7. The summed E-state index contributed by atoms with van der Waals surface area (Å²) in [6.07, 6.45) is 9.76. The van der Waals surface area contributed by atoms with Gasteiger partial charge in [0.05, 0.1) is 24.6 Å². The van der Waals surface area contributed by atoms with E-state index >= 15 is 0 Å². The fraction of sp³-hybridized carbons (Fsp3) is 0.615. The van der Waals surface area contributed by atoms with E-state index in [1.165, 1.54) is 17.7 Å². The molecule has 5 rings (SSSR count). The molecule has 1 aliphatic heterocycles. The second-order valence-electron chi connectivity index (χ2n) is 16.3. The molecule has 3 aromatic rings. The summed E-state index contributed by atoms with van der Waals surface area (Å²) in [6.45, 7) is 17.5. The van der Waals surface area contributed by atoms with Crippen molar-refractivity contribution >= 4 is 11.7 Å². The minimum Gasteiger partial charge on any atom is -0.476 e. The van der Waals surface area contributed by atoms with Gasteiger partial charge in [-0.15, -0.1) is 0 Å². The van der Waals surface area contributed by atoms with Crippen LogP contribution in [0.15, 0.2) is 36.5 Å². The van der Waals surface area contributed by atoms with Crippen LogP contribution in [0.4, 0.5) is 5.69 Å². The summed E-state index contributed by atoms with van der Waals surface area (Å²) in [5, 5.41) is 15.1. The third-order valence-electron chi connectivity index (χ3n) is 10.8. The minimum atomic E-state index is -1.03. The topological polar surface area (TPSA) is 83.7 Å². The van der Waals surface area contributed by atoms with E-state index in [0.717, 1.165) is 81.6 Å². The number of aromatic nitrogens is 3. The van der Waals surface area contributed by atoms with E-state index in [2.05, 4.69) is 95.4 Å². The molecule has 3 unspecified atom stereocenters. The number of rotatable bonds is 12. The molecule has 0 amide bonds. The molecular weight excluding hydrogens is 586 g/mol. The molecule has 1 aromatic carbocycles. The average Bonchev–Trinajstić information content (AvgIpc) is 3.34. The number of ether oxygens (including phenoxy) is 1. The normalized spacial score (nSPS) is 22.3. The van der Waals surface area contributed by atoms with Gasteiger partial charge in [0.2, 0.25) is 0 Å². The first kappa shape index (κ1) is 35.1. The summed E-state index contributed by atoms with van der Waals surface area (Å²) in [7, 11) is 6.30. The van der Waals surface area contributed by atoms with Gasteiger partial charge >= 0.3 is 5.97 Å². The van der Waals surface area contributed by atoms with E-state index in [9.17, 15) is 9.90 Å². The molecule has 1 saturated carbocycles. The fourth-order valence-electron chi connectivity index (χ4n) is 8.66. The van der Waals surface area contributed by atoms with Crippen molar-refractivity contribution in [3.05, 3.63) is 53.5 Å². The van der Waals surface area contributed by atoms with Crippen LogP contribution in [-0.2, 0) is 17.7 Å². The van der Waals surface area contributed by atoms with Crippen LogP contribution in [-0.4, -0.2) is 77.7 Å². The molecule has 1 fully saturated rings. The maximum Gasteiger partial charge on any atom is 0.355 e. The molecule has 47 heavy (non-hydrogen) atoms. The number of carboxylic acids is 1. The molecule has 2 aromatic heterocycles. The number of benzene rings is 1. The summed E-state index contributed by atoms with van der Waals surface area (Å²) in [5.41, 5.74) is 6.99. The van der Waals surface area contributed by atoms with Crippen LogP contribution in [0.1, 0.15) is 94.9 Å². The molecule has 3 heterocycles. The highest BCUT2D eigenvalue weighted by Crippen LogP contribution is 2.53. The quantitative estimate of drug-likeness (QED) is 0.214. The van der Waals surface area contributed by atoms with Crippen molar-refractivity contribution in [2.24, 2.45) is 16.2 Å². The number of hydrogen-bond donors (Lipinski definition) is 1. The van der Waals surface area contributed by atoms with Crippen LogP contribution in [0.25, 0.3) is 22.4 Å². The van der Waals surface area contributed by atoms with Gasteiger partial charge in [0, 0.05) is 54.8 Å². The van der Waals surface area contributed by atoms with Gasteiger partial charge in [0.25, 0.3) is 0 Å². The molecule has 0 spiro atoms. The average molecular weight is 644 g/mol. The Bertz CT molecular complexity index is 1580. The first-order valence-electron chi connectivity index (χ1n) is 17.5. The third-order valence-corrected chi connectivity index (χ3v) is 10.8. The van der Waals surface area contributed by atoms with Gasteiger partial charge in [-0.1, -0.05) is 46.8 Å². The zero-order chi connectivity index (χ0) is 34.1. The van der Waals surface area contributed by atoms with Gasteiger partial charge < -0.3 is 19.6 Å². The maximum absolute atomic E-state index is 12.6. The highest BCUT2D eigenvalue weighted by molar-refractivity contribution is 5.95. The summed E-state index contributed by atoms with van der Waals surface area (Å²) in [5.74, 6) is -1.03. The van der Waals surface area contributed by atoms with Gasteiger partial charge in [0.1, 0.15) is 0 Å². The Morgan fingerprint density at radius 2 is 1.91 bits per heavy atom. The van der Waals surface area contributed by atoms with E-state index in [1.54, 1.807) is 0 Å². The molecule has 0 radical (unpaired) electrons. The van der Waals surface area contributed by atoms with Crippen LogP contribution >= 0.6 is 0 Å². The Balaban J connectivity index is 1.37. The second kappa shape index (κ2) is 13.7. The largest absolute Gasteiger partial charge is 0.476 e. The number of fused-ring (bicyclic) bond motifs is 1. The van der Waals surface area contributed by atoms with Crippen LogP contribution in [0.3, 0.4) is 0 Å². The Labute approximate surface area is 282 Å². The number of nitrogens with zero attached hydrogens (tertiary/aromatic N) is 5. The summed E-state index contributed by atoms with van der Waals surface area (Å²) < 4.78 is 8.53. The molecule has 3 atom stereocenters. The van der Waals surface area contributed by atoms with Gasteiger partial charge in [-0.3, -0.25) is 4.68 Å². The monoisotopic (exact) mass is 643 g/mol. The fourth-order valence-corrected chi connectivity index (χ4v) is 8.66. The Morgan fingerprint density at radius 3 is 2.62 bits per heavy atom. The number of hydrogen-bond acceptors (Lipinski definition) is 6.